The topological polar surface area (TPSA) is 156 Å². The van der Waals surface area contributed by atoms with E-state index in [4.69, 9.17) is 0 Å². The summed E-state index contributed by atoms with van der Waals surface area (Å²) in [5.74, 6) is -0.932. The van der Waals surface area contributed by atoms with E-state index in [0.717, 1.165) is 12.1 Å². The summed E-state index contributed by atoms with van der Waals surface area (Å²) >= 11 is 0. The highest BCUT2D eigenvalue weighted by molar-refractivity contribution is 5.81. The average Bonchev–Trinajstić information content (AvgIpc) is 2.42. The van der Waals surface area contributed by atoms with E-state index in [-0.39, 0.29) is 0 Å². The van der Waals surface area contributed by atoms with Crippen molar-refractivity contribution in [1.82, 2.24) is 0 Å². The number of hydrogen-bond donors (Lipinski definition) is 0. The van der Waals surface area contributed by atoms with Gasteiger partial charge in [0.05, 0.1) is 20.3 Å². The van der Waals surface area contributed by atoms with Gasteiger partial charge in [0.2, 0.25) is 0 Å². The fraction of sp³-hybridized carbons (Fsp3) is 0.100. The van der Waals surface area contributed by atoms with E-state index in [9.17, 15) is 35.1 Å². The van der Waals surface area contributed by atoms with Gasteiger partial charge >= 0.3 is 17.3 Å². The monoisotopic (exact) mass is 297 g/mol. The number of nitro groups is 3. The normalized spacial score (nSPS) is 9.71. The van der Waals surface area contributed by atoms with Crippen molar-refractivity contribution >= 4 is 23.0 Å². The number of ether oxygens (including phenoxy) is 1. The molecule has 0 bridgehead atoms. The molecular formula is C10H7N3O8. The lowest BCUT2D eigenvalue weighted by molar-refractivity contribution is -0.425. The lowest BCUT2D eigenvalue weighted by Gasteiger charge is -2.04. The minimum absolute atomic E-state index is 0.462. The molecule has 110 valence electrons. The van der Waals surface area contributed by atoms with Crippen molar-refractivity contribution in [3.63, 3.8) is 0 Å². The second-order valence-electron chi connectivity index (χ2n) is 3.56. The summed E-state index contributed by atoms with van der Waals surface area (Å²) in [5.41, 5.74) is -3.21. The molecule has 11 heteroatoms. The van der Waals surface area contributed by atoms with Crippen LogP contribution in [0, 0.1) is 30.3 Å². The summed E-state index contributed by atoms with van der Waals surface area (Å²) in [6.07, 6.45) is 0.775. The summed E-state index contributed by atoms with van der Waals surface area (Å²) in [6.45, 7) is 2.36. The van der Waals surface area contributed by atoms with Gasteiger partial charge in [-0.1, -0.05) is 6.58 Å². The first-order valence-corrected chi connectivity index (χ1v) is 5.17. The van der Waals surface area contributed by atoms with E-state index in [1.165, 1.54) is 0 Å². The van der Waals surface area contributed by atoms with Crippen molar-refractivity contribution in [2.75, 3.05) is 0 Å². The molecule has 0 aliphatic heterocycles. The molecule has 21 heavy (non-hydrogen) atoms. The molecule has 1 aromatic carbocycles. The van der Waals surface area contributed by atoms with Crippen molar-refractivity contribution in [1.29, 1.82) is 0 Å². The third-order valence-electron chi connectivity index (χ3n) is 2.28. The number of esters is 1. The van der Waals surface area contributed by atoms with Gasteiger partial charge in [-0.3, -0.25) is 30.3 Å². The highest BCUT2D eigenvalue weighted by Crippen LogP contribution is 2.35. The van der Waals surface area contributed by atoms with E-state index >= 15 is 0 Å². The molecular weight excluding hydrogens is 290 g/mol. The zero-order chi connectivity index (χ0) is 16.2. The van der Waals surface area contributed by atoms with Crippen LogP contribution in [0.25, 0.3) is 0 Å². The lowest BCUT2D eigenvalue weighted by atomic mass is 10.1. The van der Waals surface area contributed by atoms with E-state index in [0.29, 0.717) is 6.07 Å². The number of carbonyl (C=O) groups is 1. The molecule has 0 N–H and O–H groups in total. The molecule has 1 rings (SSSR count). The van der Waals surface area contributed by atoms with Crippen LogP contribution in [-0.4, -0.2) is 20.7 Å². The van der Waals surface area contributed by atoms with Crippen LogP contribution in [0.15, 0.2) is 24.8 Å². The largest absolute Gasteiger partial charge is 0.457 e. The number of carbonyl (C=O) groups excluding carboxylic acids is 1. The third kappa shape index (κ3) is 3.56. The van der Waals surface area contributed by atoms with Crippen LogP contribution in [0.4, 0.5) is 17.1 Å². The Bertz CT molecular complexity index is 654. The summed E-state index contributed by atoms with van der Waals surface area (Å²) in [7, 11) is 0. The second-order valence-corrected chi connectivity index (χ2v) is 3.56. The molecule has 0 aliphatic carbocycles. The Labute approximate surface area is 115 Å². The quantitative estimate of drug-likeness (QED) is 0.332. The first kappa shape index (κ1) is 15.7. The third-order valence-corrected chi connectivity index (χ3v) is 2.28. The smallest absolute Gasteiger partial charge is 0.353 e. The maximum absolute atomic E-state index is 10.9. The standard InChI is InChI=1S/C10H7N3O8/c1-2-9(14)21-5-6-3-7(11(15)16)4-8(12(17)18)10(6)13(19)20/h2-4H,1,5H2. The van der Waals surface area contributed by atoms with Crippen LogP contribution in [0.2, 0.25) is 0 Å². The van der Waals surface area contributed by atoms with Gasteiger partial charge in [0, 0.05) is 12.1 Å². The molecule has 11 nitrogen and oxygen atoms in total. The molecule has 0 saturated heterocycles. The van der Waals surface area contributed by atoms with Crippen LogP contribution in [0.5, 0.6) is 0 Å². The van der Waals surface area contributed by atoms with Crippen LogP contribution in [0.1, 0.15) is 5.56 Å². The van der Waals surface area contributed by atoms with Gasteiger partial charge in [-0.05, 0) is 0 Å². The molecule has 0 aromatic heterocycles. The molecule has 0 heterocycles. The fourth-order valence-corrected chi connectivity index (χ4v) is 1.43. The molecule has 0 unspecified atom stereocenters. The number of rotatable bonds is 6. The van der Waals surface area contributed by atoms with Gasteiger partial charge < -0.3 is 4.74 Å². The van der Waals surface area contributed by atoms with E-state index < -0.39 is 50.0 Å². The maximum Gasteiger partial charge on any atom is 0.353 e. The van der Waals surface area contributed by atoms with E-state index in [1.807, 2.05) is 0 Å². The molecule has 0 aliphatic rings. The molecule has 0 spiro atoms. The number of nitro benzene ring substituents is 3. The zero-order valence-electron chi connectivity index (χ0n) is 10.3. The maximum atomic E-state index is 10.9. The van der Waals surface area contributed by atoms with Crippen molar-refractivity contribution < 1.29 is 24.3 Å². The molecule has 0 fully saturated rings. The van der Waals surface area contributed by atoms with Gasteiger partial charge in [-0.2, -0.15) is 0 Å². The minimum Gasteiger partial charge on any atom is -0.457 e. The number of nitrogens with zero attached hydrogens (tertiary/aromatic N) is 3. The predicted molar refractivity (Wildman–Crippen MR) is 66.4 cm³/mol. The highest BCUT2D eigenvalue weighted by atomic mass is 16.6. The fourth-order valence-electron chi connectivity index (χ4n) is 1.43. The van der Waals surface area contributed by atoms with Gasteiger partial charge in [-0.25, -0.2) is 4.79 Å². The first-order chi connectivity index (χ1) is 9.77. The number of hydrogen-bond acceptors (Lipinski definition) is 8. The van der Waals surface area contributed by atoms with Crippen molar-refractivity contribution in [3.05, 3.63) is 60.7 Å². The predicted octanol–water partition coefficient (Wildman–Crippen LogP) is 1.64. The molecule has 0 atom stereocenters. The van der Waals surface area contributed by atoms with Gasteiger partial charge in [0.1, 0.15) is 12.7 Å². The second kappa shape index (κ2) is 6.18. The van der Waals surface area contributed by atoms with Crippen LogP contribution in [0.3, 0.4) is 0 Å². The Morgan fingerprint density at radius 1 is 1.14 bits per heavy atom. The Balaban J connectivity index is 3.45. The SMILES string of the molecule is C=CC(=O)OCc1cc([N+](=O)[O-])cc([N+](=O)[O-])c1[N+](=O)[O-]. The Kier molecular flexibility index (Phi) is 4.62. The van der Waals surface area contributed by atoms with Crippen LogP contribution < -0.4 is 0 Å². The molecule has 0 saturated carbocycles. The highest BCUT2D eigenvalue weighted by Gasteiger charge is 2.33. The van der Waals surface area contributed by atoms with Crippen molar-refractivity contribution in [3.8, 4) is 0 Å². The van der Waals surface area contributed by atoms with E-state index in [1.54, 1.807) is 0 Å². The summed E-state index contributed by atoms with van der Waals surface area (Å²) < 4.78 is 4.53. The van der Waals surface area contributed by atoms with Gasteiger partial charge in [0.15, 0.2) is 0 Å². The van der Waals surface area contributed by atoms with E-state index in [2.05, 4.69) is 11.3 Å². The Morgan fingerprint density at radius 3 is 2.19 bits per heavy atom. The van der Waals surface area contributed by atoms with Crippen molar-refractivity contribution in [2.24, 2.45) is 0 Å². The zero-order valence-corrected chi connectivity index (χ0v) is 10.3. The summed E-state index contributed by atoms with van der Waals surface area (Å²) in [6, 6.07) is 1.21. The molecule has 1 aromatic rings. The number of non-ortho nitro benzene ring substituents is 1. The summed E-state index contributed by atoms with van der Waals surface area (Å²) in [5, 5.41) is 32.4. The molecule has 0 radical (unpaired) electrons. The van der Waals surface area contributed by atoms with Gasteiger partial charge in [-0.15, -0.1) is 0 Å². The Hall–Kier alpha value is -3.37. The lowest BCUT2D eigenvalue weighted by Crippen LogP contribution is -2.06. The van der Waals surface area contributed by atoms with Crippen LogP contribution in [-0.2, 0) is 16.1 Å². The molecule has 0 amide bonds. The minimum atomic E-state index is -1.12. The summed E-state index contributed by atoms with van der Waals surface area (Å²) in [4.78, 5) is 40.2. The van der Waals surface area contributed by atoms with Crippen LogP contribution >= 0.6 is 0 Å². The first-order valence-electron chi connectivity index (χ1n) is 5.17. The van der Waals surface area contributed by atoms with Crippen molar-refractivity contribution in [2.45, 2.75) is 6.61 Å². The van der Waals surface area contributed by atoms with Gasteiger partial charge in [0.25, 0.3) is 5.69 Å². The Morgan fingerprint density at radius 2 is 1.76 bits per heavy atom. The number of benzene rings is 1. The average molecular weight is 297 g/mol.